The van der Waals surface area contributed by atoms with Crippen LogP contribution in [-0.4, -0.2) is 38.2 Å². The highest BCUT2D eigenvalue weighted by Crippen LogP contribution is 2.13. The number of rotatable bonds is 2. The lowest BCUT2D eigenvalue weighted by molar-refractivity contribution is 0.699. The molecule has 0 saturated heterocycles. The van der Waals surface area contributed by atoms with Gasteiger partial charge in [-0.05, 0) is 6.92 Å². The molecule has 0 atom stereocenters. The molecule has 0 aliphatic rings. The van der Waals surface area contributed by atoms with E-state index in [1.807, 2.05) is 0 Å². The van der Waals surface area contributed by atoms with Crippen LogP contribution in [0, 0.1) is 6.92 Å². The zero-order chi connectivity index (χ0) is 21.9. The molecular weight excluding hydrogens is 392 g/mol. The minimum Gasteiger partial charge on any atom is -0.279 e. The Morgan fingerprint density at radius 2 is 1.27 bits per heavy atom. The molecule has 0 fully saturated rings. The monoisotopic (exact) mass is 410 g/mol. The van der Waals surface area contributed by atoms with Crippen molar-refractivity contribution in [3.8, 4) is 0 Å². The fraction of sp³-hybridized carbons (Fsp3) is 0.333. The van der Waals surface area contributed by atoms with Gasteiger partial charge in [0.2, 0.25) is 0 Å². The summed E-state index contributed by atoms with van der Waals surface area (Å²) in [4.78, 5) is 66.4. The van der Waals surface area contributed by atoms with E-state index in [2.05, 4.69) is 19.9 Å². The molecule has 30 heavy (non-hydrogen) atoms. The quantitative estimate of drug-likeness (QED) is 0.380. The molecule has 0 N–H and O–H groups in total. The second-order valence-electron chi connectivity index (χ2n) is 7.05. The minimum absolute atomic E-state index is 0.0600. The Bertz CT molecular complexity index is 1610. The fourth-order valence-electron chi connectivity index (χ4n) is 3.28. The molecule has 0 aromatic carbocycles. The minimum atomic E-state index is -0.547. The second kappa shape index (κ2) is 6.54. The van der Waals surface area contributed by atoms with Gasteiger partial charge in [0.1, 0.15) is 0 Å². The van der Waals surface area contributed by atoms with Crippen molar-refractivity contribution in [2.75, 3.05) is 0 Å². The van der Waals surface area contributed by atoms with Crippen LogP contribution in [0.1, 0.15) is 17.1 Å². The lowest BCUT2D eigenvalue weighted by Gasteiger charge is -2.10. The Labute approximate surface area is 167 Å². The zero-order valence-corrected chi connectivity index (χ0v) is 17.0. The van der Waals surface area contributed by atoms with Crippen LogP contribution in [0.5, 0.6) is 0 Å². The smallest absolute Gasteiger partial charge is 0.279 e. The average Bonchev–Trinajstić information content (AvgIpc) is 2.74. The maximum absolute atomic E-state index is 12.4. The van der Waals surface area contributed by atoms with Crippen molar-refractivity contribution >= 4 is 22.3 Å². The number of hydrogen-bond donors (Lipinski definition) is 0. The van der Waals surface area contributed by atoms with Gasteiger partial charge in [-0.3, -0.25) is 27.9 Å². The van der Waals surface area contributed by atoms with Crippen molar-refractivity contribution in [3.63, 3.8) is 0 Å². The van der Waals surface area contributed by atoms with E-state index < -0.39 is 22.5 Å². The first-order valence-corrected chi connectivity index (χ1v) is 8.96. The van der Waals surface area contributed by atoms with Crippen molar-refractivity contribution in [1.29, 1.82) is 0 Å². The van der Waals surface area contributed by atoms with Crippen molar-refractivity contribution in [2.45, 2.75) is 13.3 Å². The number of fused-ring (bicyclic) bond motifs is 2. The van der Waals surface area contributed by atoms with Gasteiger partial charge < -0.3 is 0 Å². The third-order valence-electron chi connectivity index (χ3n) is 5.10. The van der Waals surface area contributed by atoms with Crippen LogP contribution in [-0.2, 0) is 34.6 Å². The maximum Gasteiger partial charge on any atom is 0.332 e. The molecule has 4 rings (SSSR count). The Kier molecular flexibility index (Phi) is 4.22. The van der Waals surface area contributed by atoms with E-state index in [0.29, 0.717) is 17.1 Å². The van der Waals surface area contributed by atoms with Crippen molar-refractivity contribution in [2.24, 2.45) is 28.2 Å². The molecule has 154 valence electrons. The summed E-state index contributed by atoms with van der Waals surface area (Å²) in [6.45, 7) is 1.70. The predicted molar refractivity (Wildman–Crippen MR) is 108 cm³/mol. The van der Waals surface area contributed by atoms with Crippen molar-refractivity contribution in [1.82, 2.24) is 38.2 Å². The van der Waals surface area contributed by atoms with Gasteiger partial charge in [-0.25, -0.2) is 29.5 Å². The van der Waals surface area contributed by atoms with E-state index in [4.69, 9.17) is 0 Å². The summed E-state index contributed by atoms with van der Waals surface area (Å²) in [5.74, 6) is 0. The Morgan fingerprint density at radius 1 is 0.733 bits per heavy atom. The predicted octanol–water partition coefficient (Wildman–Crippen LogP) is -1.73. The second-order valence-corrected chi connectivity index (χ2v) is 7.05. The van der Waals surface area contributed by atoms with Crippen LogP contribution in [0.4, 0.5) is 0 Å². The van der Waals surface area contributed by atoms with Crippen molar-refractivity contribution < 1.29 is 0 Å². The maximum atomic E-state index is 12.4. The summed E-state index contributed by atoms with van der Waals surface area (Å²) in [5.41, 5.74) is -0.160. The lowest BCUT2D eigenvalue weighted by atomic mass is 10.2. The third-order valence-corrected chi connectivity index (χ3v) is 5.10. The third kappa shape index (κ3) is 2.68. The van der Waals surface area contributed by atoms with E-state index in [1.54, 1.807) is 6.92 Å². The molecule has 0 bridgehead atoms. The van der Waals surface area contributed by atoms with Crippen LogP contribution < -0.4 is 22.5 Å². The Morgan fingerprint density at radius 3 is 1.87 bits per heavy atom. The molecule has 0 saturated carbocycles. The van der Waals surface area contributed by atoms with Gasteiger partial charge in [0.25, 0.3) is 11.1 Å². The molecule has 4 aromatic rings. The highest BCUT2D eigenvalue weighted by Gasteiger charge is 2.16. The largest absolute Gasteiger partial charge is 0.332 e. The summed E-state index contributed by atoms with van der Waals surface area (Å²) in [6, 6.07) is 0. The molecular formula is C18H18N8O4. The number of hydrogen-bond acceptors (Lipinski definition) is 8. The summed E-state index contributed by atoms with van der Waals surface area (Å²) in [6.07, 6.45) is 1.63. The molecule has 0 aliphatic carbocycles. The first kappa shape index (κ1) is 19.4. The van der Waals surface area contributed by atoms with Crippen LogP contribution in [0.3, 0.4) is 0 Å². The van der Waals surface area contributed by atoms with Gasteiger partial charge in [0, 0.05) is 34.6 Å². The first-order chi connectivity index (χ1) is 14.1. The summed E-state index contributed by atoms with van der Waals surface area (Å²) >= 11 is 0. The van der Waals surface area contributed by atoms with Crippen LogP contribution in [0.2, 0.25) is 0 Å². The summed E-state index contributed by atoms with van der Waals surface area (Å²) in [7, 11) is 5.78. The molecule has 0 amide bonds. The van der Waals surface area contributed by atoms with E-state index in [0.717, 1.165) is 9.13 Å². The topological polar surface area (TPSA) is 140 Å². The lowest BCUT2D eigenvalue weighted by Crippen LogP contribution is -2.38. The van der Waals surface area contributed by atoms with E-state index in [9.17, 15) is 19.2 Å². The molecule has 12 heteroatoms. The molecule has 0 unspecified atom stereocenters. The normalized spacial score (nSPS) is 11.5. The van der Waals surface area contributed by atoms with Crippen LogP contribution >= 0.6 is 0 Å². The standard InChI is InChI=1S/C18H18N8O4/c1-8-10(22-14-12(20-8)16(28)26(5)18(30)24(14)3)6-9-7-19-13-11(21-9)15(27)25(4)17(29)23(13)2/h7H,6H2,1-5H3. The SMILES string of the molecule is Cc1nc2c(=O)n(C)c(=O)n(C)c2nc1Cc1cnc2c(n1)c(=O)n(C)c(=O)n2C. The first-order valence-electron chi connectivity index (χ1n) is 8.96. The molecule has 4 heterocycles. The molecule has 0 spiro atoms. The molecule has 0 aliphatic heterocycles. The average molecular weight is 410 g/mol. The Hall–Kier alpha value is -3.96. The molecule has 12 nitrogen and oxygen atoms in total. The molecule has 0 radical (unpaired) electrons. The summed E-state index contributed by atoms with van der Waals surface area (Å²) in [5, 5.41) is 0. The molecule has 4 aromatic heterocycles. The number of aromatic nitrogens is 8. The van der Waals surface area contributed by atoms with Gasteiger partial charge in [-0.15, -0.1) is 0 Å². The van der Waals surface area contributed by atoms with Gasteiger partial charge >= 0.3 is 11.4 Å². The van der Waals surface area contributed by atoms with Gasteiger partial charge in [-0.2, -0.15) is 0 Å². The fourth-order valence-corrected chi connectivity index (χ4v) is 3.28. The van der Waals surface area contributed by atoms with Gasteiger partial charge in [0.05, 0.1) is 23.3 Å². The summed E-state index contributed by atoms with van der Waals surface area (Å²) < 4.78 is 4.45. The van der Waals surface area contributed by atoms with Gasteiger partial charge in [-0.1, -0.05) is 0 Å². The van der Waals surface area contributed by atoms with Crippen molar-refractivity contribution in [3.05, 3.63) is 65.0 Å². The highest BCUT2D eigenvalue weighted by atomic mass is 16.2. The number of aryl methyl sites for hydroxylation is 3. The highest BCUT2D eigenvalue weighted by molar-refractivity contribution is 5.70. The Balaban J connectivity index is 1.91. The van der Waals surface area contributed by atoms with Crippen LogP contribution in [0.25, 0.3) is 22.3 Å². The van der Waals surface area contributed by atoms with E-state index in [-0.39, 0.29) is 28.7 Å². The van der Waals surface area contributed by atoms with E-state index >= 15 is 0 Å². The van der Waals surface area contributed by atoms with Gasteiger partial charge in [0.15, 0.2) is 22.3 Å². The van der Waals surface area contributed by atoms with Crippen LogP contribution in [0.15, 0.2) is 25.4 Å². The number of nitrogens with zero attached hydrogens (tertiary/aromatic N) is 8. The zero-order valence-electron chi connectivity index (χ0n) is 17.0. The van der Waals surface area contributed by atoms with E-state index in [1.165, 1.54) is 43.5 Å².